The third-order valence-corrected chi connectivity index (χ3v) is 6.73. The highest BCUT2D eigenvalue weighted by Gasteiger charge is 2.57. The van der Waals surface area contributed by atoms with Crippen LogP contribution in [0.3, 0.4) is 0 Å². The van der Waals surface area contributed by atoms with Gasteiger partial charge in [-0.2, -0.15) is 0 Å². The molecule has 28 heavy (non-hydrogen) atoms. The molecule has 4 saturated carbocycles. The van der Waals surface area contributed by atoms with Crippen molar-refractivity contribution < 1.29 is 19.4 Å². The highest BCUT2D eigenvalue weighted by Crippen LogP contribution is 2.62. The van der Waals surface area contributed by atoms with Gasteiger partial charge in [0, 0.05) is 6.42 Å². The van der Waals surface area contributed by atoms with E-state index in [9.17, 15) is 14.7 Å². The molecule has 0 aliphatic heterocycles. The van der Waals surface area contributed by atoms with E-state index in [0.717, 1.165) is 32.1 Å². The summed E-state index contributed by atoms with van der Waals surface area (Å²) < 4.78 is 5.45. The van der Waals surface area contributed by atoms with Crippen molar-refractivity contribution in [2.24, 2.45) is 17.3 Å². The average Bonchev–Trinajstić information content (AvgIpc) is 2.62. The minimum atomic E-state index is -0.575. The fraction of sp³-hybridized carbons (Fsp3) is 0.636. The fourth-order valence-electron chi connectivity index (χ4n) is 6.14. The molecular weight excluding hydrogens is 356 g/mol. The summed E-state index contributed by atoms with van der Waals surface area (Å²) in [6.07, 6.45) is 7.04. The Morgan fingerprint density at radius 1 is 1.07 bits per heavy atom. The third-order valence-electron chi connectivity index (χ3n) is 6.73. The Balaban J connectivity index is 1.22. The van der Waals surface area contributed by atoms with Crippen molar-refractivity contribution in [3.63, 3.8) is 0 Å². The van der Waals surface area contributed by atoms with Gasteiger partial charge < -0.3 is 9.84 Å². The van der Waals surface area contributed by atoms with Crippen molar-refractivity contribution in [2.45, 2.75) is 63.9 Å². The van der Waals surface area contributed by atoms with Gasteiger partial charge in [0.15, 0.2) is 6.61 Å². The molecule has 0 aromatic heterocycles. The van der Waals surface area contributed by atoms with Crippen LogP contribution in [0.25, 0.3) is 0 Å². The number of rotatable bonds is 6. The van der Waals surface area contributed by atoms with Crippen molar-refractivity contribution in [1.82, 2.24) is 10.9 Å². The molecule has 0 radical (unpaired) electrons. The highest BCUT2D eigenvalue weighted by atomic mass is 16.5. The molecular formula is C22H30N2O4. The third kappa shape index (κ3) is 4.17. The van der Waals surface area contributed by atoms with Crippen LogP contribution >= 0.6 is 0 Å². The highest BCUT2D eigenvalue weighted by molar-refractivity contribution is 5.83. The second-order valence-corrected chi connectivity index (χ2v) is 9.24. The number of hydrogen-bond acceptors (Lipinski definition) is 4. The molecule has 4 bridgehead atoms. The lowest BCUT2D eigenvalue weighted by atomic mass is 9.47. The number of carbonyl (C=O) groups is 2. The Morgan fingerprint density at radius 3 is 2.32 bits per heavy atom. The lowest BCUT2D eigenvalue weighted by Gasteiger charge is -2.60. The molecule has 1 aromatic rings. The summed E-state index contributed by atoms with van der Waals surface area (Å²) in [5.74, 6) is 1.13. The van der Waals surface area contributed by atoms with Crippen molar-refractivity contribution >= 4 is 11.8 Å². The smallest absolute Gasteiger partial charge is 0.276 e. The first-order chi connectivity index (χ1) is 13.4. The van der Waals surface area contributed by atoms with E-state index in [0.29, 0.717) is 30.4 Å². The largest absolute Gasteiger partial charge is 0.484 e. The molecule has 4 aliphatic rings. The number of benzene rings is 1. The molecule has 1 aromatic carbocycles. The Bertz CT molecular complexity index is 731. The maximum absolute atomic E-state index is 12.4. The molecule has 4 aliphatic carbocycles. The molecule has 4 fully saturated rings. The van der Waals surface area contributed by atoms with Gasteiger partial charge in [-0.25, -0.2) is 0 Å². The zero-order chi connectivity index (χ0) is 19.8. The van der Waals surface area contributed by atoms with E-state index in [1.165, 1.54) is 12.0 Å². The Morgan fingerprint density at radius 2 is 1.71 bits per heavy atom. The monoisotopic (exact) mass is 386 g/mol. The van der Waals surface area contributed by atoms with Crippen LogP contribution in [-0.2, 0) is 16.0 Å². The predicted molar refractivity (Wildman–Crippen MR) is 104 cm³/mol. The number of hydrogen-bond donors (Lipinski definition) is 3. The standard InChI is InChI=1S/C22H30N2O4/c1-2-15-3-5-18(6-4-15)28-13-20(26)24-23-19(25)12-21-8-16-7-17(9-21)11-22(27,10-16)14-21/h3-6,16-17,27H,2,7-14H2,1H3,(H,23,25)(H,24,26)/t16-,17+,21?,22?. The molecule has 2 unspecified atom stereocenters. The molecule has 4 atom stereocenters. The first-order valence-corrected chi connectivity index (χ1v) is 10.4. The fourth-order valence-corrected chi connectivity index (χ4v) is 6.14. The maximum Gasteiger partial charge on any atom is 0.276 e. The number of aliphatic hydroxyl groups is 1. The van der Waals surface area contributed by atoms with Crippen LogP contribution in [0.4, 0.5) is 0 Å². The number of nitrogens with one attached hydrogen (secondary N) is 2. The van der Waals surface area contributed by atoms with Crippen LogP contribution in [0.1, 0.15) is 57.4 Å². The predicted octanol–water partition coefficient (Wildman–Crippen LogP) is 2.50. The van der Waals surface area contributed by atoms with Crippen molar-refractivity contribution in [1.29, 1.82) is 0 Å². The Hall–Kier alpha value is -2.08. The molecule has 0 saturated heterocycles. The van der Waals surface area contributed by atoms with Gasteiger partial charge in [-0.1, -0.05) is 19.1 Å². The minimum Gasteiger partial charge on any atom is -0.484 e. The van der Waals surface area contributed by atoms with Gasteiger partial charge in [-0.15, -0.1) is 0 Å². The zero-order valence-electron chi connectivity index (χ0n) is 16.5. The van der Waals surface area contributed by atoms with Crippen molar-refractivity contribution in [3.8, 4) is 5.75 Å². The summed E-state index contributed by atoms with van der Waals surface area (Å²) in [5.41, 5.74) is 5.49. The molecule has 0 spiro atoms. The molecule has 0 heterocycles. The Labute approximate surface area is 166 Å². The van der Waals surface area contributed by atoms with E-state index in [4.69, 9.17) is 4.74 Å². The molecule has 6 heteroatoms. The normalized spacial score (nSPS) is 32.8. The van der Waals surface area contributed by atoms with Crippen molar-refractivity contribution in [3.05, 3.63) is 29.8 Å². The quantitative estimate of drug-likeness (QED) is 0.656. The Kier molecular flexibility index (Phi) is 5.08. The van der Waals surface area contributed by atoms with E-state index in [-0.39, 0.29) is 17.9 Å². The van der Waals surface area contributed by atoms with Gasteiger partial charge in [0.1, 0.15) is 5.75 Å². The summed E-state index contributed by atoms with van der Waals surface area (Å²) in [5, 5.41) is 10.8. The summed E-state index contributed by atoms with van der Waals surface area (Å²) in [6.45, 7) is 1.93. The van der Waals surface area contributed by atoms with Crippen LogP contribution in [0.15, 0.2) is 24.3 Å². The van der Waals surface area contributed by atoms with Gasteiger partial charge in [0.25, 0.3) is 5.91 Å². The van der Waals surface area contributed by atoms with Crippen molar-refractivity contribution in [2.75, 3.05) is 6.61 Å². The molecule has 2 amide bonds. The van der Waals surface area contributed by atoms with Gasteiger partial charge in [0.05, 0.1) is 5.60 Å². The number of carbonyl (C=O) groups excluding carboxylic acids is 2. The lowest BCUT2D eigenvalue weighted by Crippen LogP contribution is -2.57. The number of hydrazine groups is 1. The van der Waals surface area contributed by atoms with Crippen LogP contribution in [0.2, 0.25) is 0 Å². The summed E-state index contributed by atoms with van der Waals surface area (Å²) >= 11 is 0. The van der Waals surface area contributed by atoms with E-state index in [1.54, 1.807) is 0 Å². The van der Waals surface area contributed by atoms with E-state index < -0.39 is 11.5 Å². The van der Waals surface area contributed by atoms with Gasteiger partial charge in [-0.3, -0.25) is 20.4 Å². The first-order valence-electron chi connectivity index (χ1n) is 10.4. The summed E-state index contributed by atoms with van der Waals surface area (Å²) in [7, 11) is 0. The van der Waals surface area contributed by atoms with Crippen LogP contribution in [-0.4, -0.2) is 29.1 Å². The number of amides is 2. The first kappa shape index (κ1) is 19.2. The van der Waals surface area contributed by atoms with E-state index >= 15 is 0 Å². The topological polar surface area (TPSA) is 87.7 Å². The number of ether oxygens (including phenoxy) is 1. The van der Waals surface area contributed by atoms with E-state index in [2.05, 4.69) is 17.8 Å². The summed E-state index contributed by atoms with van der Waals surface area (Å²) in [6, 6.07) is 7.60. The van der Waals surface area contributed by atoms with Gasteiger partial charge in [-0.05, 0) is 79.9 Å². The van der Waals surface area contributed by atoms with Crippen LogP contribution in [0.5, 0.6) is 5.75 Å². The molecule has 5 rings (SSSR count). The average molecular weight is 386 g/mol. The van der Waals surface area contributed by atoms with Crippen LogP contribution < -0.4 is 15.6 Å². The van der Waals surface area contributed by atoms with Gasteiger partial charge in [0.2, 0.25) is 5.91 Å². The zero-order valence-corrected chi connectivity index (χ0v) is 16.5. The van der Waals surface area contributed by atoms with E-state index in [1.807, 2.05) is 24.3 Å². The van der Waals surface area contributed by atoms with Gasteiger partial charge >= 0.3 is 0 Å². The number of aryl methyl sites for hydroxylation is 1. The molecule has 3 N–H and O–H groups in total. The SMILES string of the molecule is CCc1ccc(OCC(=O)NNC(=O)CC23C[C@@H]4C[C@@H](CC(O)(C4)C2)C3)cc1. The second kappa shape index (κ2) is 7.39. The maximum atomic E-state index is 12.4. The molecule has 6 nitrogen and oxygen atoms in total. The molecule has 152 valence electrons. The summed E-state index contributed by atoms with van der Waals surface area (Å²) in [4.78, 5) is 24.4. The lowest BCUT2D eigenvalue weighted by molar-refractivity contribution is -0.169. The second-order valence-electron chi connectivity index (χ2n) is 9.24. The minimum absolute atomic E-state index is 0.106. The van der Waals surface area contributed by atoms with Crippen LogP contribution in [0, 0.1) is 17.3 Å².